The number of carbonyl (C=O) groups is 1. The van der Waals surface area contributed by atoms with Crippen LogP contribution in [0.15, 0.2) is 42.5 Å². The van der Waals surface area contributed by atoms with Gasteiger partial charge in [-0.25, -0.2) is 4.39 Å². The Bertz CT molecular complexity index is 697. The highest BCUT2D eigenvalue weighted by Crippen LogP contribution is 2.26. The van der Waals surface area contributed by atoms with Crippen molar-refractivity contribution in [3.05, 3.63) is 59.4 Å². The normalized spacial score (nSPS) is 14.7. The van der Waals surface area contributed by atoms with E-state index in [1.165, 1.54) is 48.2 Å². The number of fused-ring (bicyclic) bond motifs is 1. The van der Waals surface area contributed by atoms with Crippen molar-refractivity contribution in [2.24, 2.45) is 0 Å². The Hall–Kier alpha value is -2.36. The van der Waals surface area contributed by atoms with Crippen LogP contribution in [0.5, 0.6) is 5.75 Å². The second-order valence-electron chi connectivity index (χ2n) is 5.89. The van der Waals surface area contributed by atoms with Crippen molar-refractivity contribution in [3.8, 4) is 5.75 Å². The van der Waals surface area contributed by atoms with Crippen LogP contribution in [0.2, 0.25) is 0 Å². The van der Waals surface area contributed by atoms with Gasteiger partial charge in [0, 0.05) is 5.69 Å². The van der Waals surface area contributed by atoms with Gasteiger partial charge in [-0.2, -0.15) is 0 Å². The van der Waals surface area contributed by atoms with Crippen LogP contribution >= 0.6 is 0 Å². The van der Waals surface area contributed by atoms with Crippen molar-refractivity contribution in [1.82, 2.24) is 0 Å². The highest BCUT2D eigenvalue weighted by Gasteiger charge is 2.16. The van der Waals surface area contributed by atoms with Crippen molar-refractivity contribution < 1.29 is 13.9 Å². The van der Waals surface area contributed by atoms with Crippen molar-refractivity contribution in [2.75, 3.05) is 5.32 Å². The zero-order chi connectivity index (χ0) is 16.2. The van der Waals surface area contributed by atoms with Crippen LogP contribution in [0, 0.1) is 5.82 Å². The first-order chi connectivity index (χ1) is 11.1. The number of benzene rings is 2. The van der Waals surface area contributed by atoms with Crippen LogP contribution in [0.4, 0.5) is 10.1 Å². The van der Waals surface area contributed by atoms with Gasteiger partial charge in [0.1, 0.15) is 11.6 Å². The largest absolute Gasteiger partial charge is 0.481 e. The van der Waals surface area contributed by atoms with E-state index in [2.05, 4.69) is 11.4 Å². The average molecular weight is 313 g/mol. The Kier molecular flexibility index (Phi) is 4.60. The lowest BCUT2D eigenvalue weighted by molar-refractivity contribution is -0.122. The van der Waals surface area contributed by atoms with Gasteiger partial charge in [-0.05, 0) is 80.1 Å². The Morgan fingerprint density at radius 1 is 1.09 bits per heavy atom. The van der Waals surface area contributed by atoms with E-state index >= 15 is 0 Å². The minimum Gasteiger partial charge on any atom is -0.481 e. The minimum absolute atomic E-state index is 0.255. The number of hydrogen-bond acceptors (Lipinski definition) is 2. The molecule has 2 aromatic rings. The zero-order valence-corrected chi connectivity index (χ0v) is 13.1. The van der Waals surface area contributed by atoms with E-state index in [9.17, 15) is 9.18 Å². The zero-order valence-electron chi connectivity index (χ0n) is 13.1. The summed E-state index contributed by atoms with van der Waals surface area (Å²) in [5.74, 6) is 0.128. The molecule has 3 rings (SSSR count). The van der Waals surface area contributed by atoms with Gasteiger partial charge in [0.2, 0.25) is 0 Å². The van der Waals surface area contributed by atoms with E-state index in [0.29, 0.717) is 11.4 Å². The smallest absolute Gasteiger partial charge is 0.265 e. The van der Waals surface area contributed by atoms with Crippen LogP contribution in [0.3, 0.4) is 0 Å². The number of rotatable bonds is 4. The second-order valence-corrected chi connectivity index (χ2v) is 5.89. The van der Waals surface area contributed by atoms with Gasteiger partial charge < -0.3 is 10.1 Å². The van der Waals surface area contributed by atoms with Gasteiger partial charge in [-0.3, -0.25) is 4.79 Å². The van der Waals surface area contributed by atoms with Crippen molar-refractivity contribution >= 4 is 11.6 Å². The van der Waals surface area contributed by atoms with Crippen molar-refractivity contribution in [2.45, 2.75) is 38.7 Å². The number of anilines is 1. The summed E-state index contributed by atoms with van der Waals surface area (Å²) in [6.07, 6.45) is 4.02. The molecule has 0 aliphatic heterocycles. The number of hydrogen-bond donors (Lipinski definition) is 1. The summed E-state index contributed by atoms with van der Waals surface area (Å²) in [6.45, 7) is 1.71. The molecule has 1 atom stereocenters. The van der Waals surface area contributed by atoms with Crippen LogP contribution in [-0.2, 0) is 17.6 Å². The molecule has 1 amide bonds. The number of ether oxygens (including phenoxy) is 1. The highest BCUT2D eigenvalue weighted by atomic mass is 19.1. The standard InChI is InChI=1S/C19H20FNO2/c1-13(19(22)21-17-9-7-16(20)8-10-17)23-18-11-6-14-4-2-3-5-15(14)12-18/h6-13H,2-5H2,1H3,(H,21,22)/t13-/m0/s1. The molecule has 120 valence electrons. The molecule has 0 bridgehead atoms. The summed E-state index contributed by atoms with van der Waals surface area (Å²) < 4.78 is 18.6. The molecular weight excluding hydrogens is 293 g/mol. The predicted octanol–water partition coefficient (Wildman–Crippen LogP) is 4.11. The molecule has 0 heterocycles. The molecule has 0 saturated heterocycles. The van der Waals surface area contributed by atoms with Gasteiger partial charge in [-0.15, -0.1) is 0 Å². The highest BCUT2D eigenvalue weighted by molar-refractivity contribution is 5.94. The van der Waals surface area contributed by atoms with Crippen molar-refractivity contribution in [1.29, 1.82) is 0 Å². The van der Waals surface area contributed by atoms with Gasteiger partial charge in [0.25, 0.3) is 5.91 Å². The second kappa shape index (κ2) is 6.82. The topological polar surface area (TPSA) is 38.3 Å². The van der Waals surface area contributed by atoms with Crippen LogP contribution in [0.25, 0.3) is 0 Å². The fourth-order valence-electron chi connectivity index (χ4n) is 2.82. The molecule has 1 aliphatic carbocycles. The van der Waals surface area contributed by atoms with Gasteiger partial charge in [0.05, 0.1) is 0 Å². The summed E-state index contributed by atoms with van der Waals surface area (Å²) in [6, 6.07) is 11.7. The van der Waals surface area contributed by atoms with Crippen molar-refractivity contribution in [3.63, 3.8) is 0 Å². The van der Waals surface area contributed by atoms with E-state index in [1.807, 2.05) is 12.1 Å². The molecular formula is C19H20FNO2. The molecule has 23 heavy (non-hydrogen) atoms. The predicted molar refractivity (Wildman–Crippen MR) is 88.2 cm³/mol. The number of amides is 1. The van der Waals surface area contributed by atoms with E-state index in [4.69, 9.17) is 4.74 Å². The molecule has 3 nitrogen and oxygen atoms in total. The molecule has 1 N–H and O–H groups in total. The number of carbonyl (C=O) groups excluding carboxylic acids is 1. The van der Waals surface area contributed by atoms with E-state index in [0.717, 1.165) is 12.8 Å². The number of nitrogens with one attached hydrogen (secondary N) is 1. The van der Waals surface area contributed by atoms with Gasteiger partial charge in [-0.1, -0.05) is 6.07 Å². The summed E-state index contributed by atoms with van der Waals surface area (Å²) in [4.78, 5) is 12.2. The molecule has 0 saturated carbocycles. The third-order valence-corrected chi connectivity index (χ3v) is 4.11. The maximum absolute atomic E-state index is 12.9. The summed E-state index contributed by atoms with van der Waals surface area (Å²) in [5.41, 5.74) is 3.25. The molecule has 0 fully saturated rings. The van der Waals surface area contributed by atoms with E-state index in [1.54, 1.807) is 6.92 Å². The number of aryl methyl sites for hydroxylation is 2. The summed E-state index contributed by atoms with van der Waals surface area (Å²) >= 11 is 0. The van der Waals surface area contributed by atoms with E-state index in [-0.39, 0.29) is 11.7 Å². The van der Waals surface area contributed by atoms with Crippen LogP contribution in [0.1, 0.15) is 30.9 Å². The SMILES string of the molecule is C[C@H](Oc1ccc2c(c1)CCCC2)C(=O)Nc1ccc(F)cc1. The van der Waals surface area contributed by atoms with Gasteiger partial charge in [0.15, 0.2) is 6.10 Å². The molecule has 0 unspecified atom stereocenters. The lowest BCUT2D eigenvalue weighted by Crippen LogP contribution is -2.30. The maximum Gasteiger partial charge on any atom is 0.265 e. The maximum atomic E-state index is 12.9. The number of halogens is 1. The molecule has 4 heteroatoms. The van der Waals surface area contributed by atoms with Crippen LogP contribution < -0.4 is 10.1 Å². The molecule has 2 aromatic carbocycles. The third-order valence-electron chi connectivity index (χ3n) is 4.11. The Balaban J connectivity index is 1.62. The Morgan fingerprint density at radius 2 is 1.78 bits per heavy atom. The lowest BCUT2D eigenvalue weighted by Gasteiger charge is -2.19. The summed E-state index contributed by atoms with van der Waals surface area (Å²) in [5, 5.41) is 2.72. The molecule has 0 radical (unpaired) electrons. The molecule has 1 aliphatic rings. The minimum atomic E-state index is -0.623. The Labute approximate surface area is 135 Å². The first-order valence-corrected chi connectivity index (χ1v) is 7.97. The first kappa shape index (κ1) is 15.5. The first-order valence-electron chi connectivity index (χ1n) is 7.97. The third kappa shape index (κ3) is 3.89. The lowest BCUT2D eigenvalue weighted by atomic mass is 9.92. The fraction of sp³-hybridized carbons (Fsp3) is 0.316. The molecule has 0 spiro atoms. The molecule has 0 aromatic heterocycles. The fourth-order valence-corrected chi connectivity index (χ4v) is 2.82. The monoisotopic (exact) mass is 313 g/mol. The van der Waals surface area contributed by atoms with Crippen LogP contribution in [-0.4, -0.2) is 12.0 Å². The average Bonchev–Trinajstić information content (AvgIpc) is 2.56. The van der Waals surface area contributed by atoms with E-state index < -0.39 is 6.10 Å². The van der Waals surface area contributed by atoms with Gasteiger partial charge >= 0.3 is 0 Å². The Morgan fingerprint density at radius 3 is 2.52 bits per heavy atom. The summed E-state index contributed by atoms with van der Waals surface area (Å²) in [7, 11) is 0. The quantitative estimate of drug-likeness (QED) is 0.922.